The minimum atomic E-state index is 0. The Labute approximate surface area is 170 Å². The molecule has 0 aliphatic carbocycles. The van der Waals surface area contributed by atoms with Crippen LogP contribution in [0.5, 0.6) is 0 Å². The molecule has 158 valence electrons. The molecule has 6 nitrogen and oxygen atoms in total. The lowest BCUT2D eigenvalue weighted by Gasteiger charge is -2.34. The van der Waals surface area contributed by atoms with E-state index in [0.29, 0.717) is 44.5 Å². The zero-order valence-electron chi connectivity index (χ0n) is 17.0. The molecule has 2 N–H and O–H groups in total. The lowest BCUT2D eigenvalue weighted by Crippen LogP contribution is -2.44. The summed E-state index contributed by atoms with van der Waals surface area (Å²) in [5, 5.41) is 6.44. The summed E-state index contributed by atoms with van der Waals surface area (Å²) in [5.74, 6) is 1.49. The highest BCUT2D eigenvalue weighted by Crippen LogP contribution is 2.25. The smallest absolute Gasteiger partial charge is 0.223 e. The van der Waals surface area contributed by atoms with Crippen molar-refractivity contribution in [2.75, 3.05) is 45.9 Å². The standard InChI is InChI=1S/C20H37N3O3.ClH/c1-3-26-13-5-10-22-20(25)17-7-11-23(12-8-17)19(24)14-16(2)18-6-4-9-21-15-18;/h16-18,21H,3-15H2,1-2H3,(H,22,25);1H. The third-order valence-electron chi connectivity index (χ3n) is 5.82. The third kappa shape index (κ3) is 8.36. The van der Waals surface area contributed by atoms with Gasteiger partial charge in [-0.25, -0.2) is 0 Å². The van der Waals surface area contributed by atoms with Crippen molar-refractivity contribution in [1.29, 1.82) is 0 Å². The summed E-state index contributed by atoms with van der Waals surface area (Å²) in [5.41, 5.74) is 0. The largest absolute Gasteiger partial charge is 0.382 e. The molecule has 0 aromatic heterocycles. The Balaban J connectivity index is 0.00000364. The van der Waals surface area contributed by atoms with E-state index in [1.807, 2.05) is 11.8 Å². The maximum absolute atomic E-state index is 12.6. The number of halogens is 1. The summed E-state index contributed by atoms with van der Waals surface area (Å²) >= 11 is 0. The molecule has 2 aliphatic rings. The second kappa shape index (κ2) is 13.3. The molecule has 2 unspecified atom stereocenters. The minimum absolute atomic E-state index is 0. The quantitative estimate of drug-likeness (QED) is 0.579. The van der Waals surface area contributed by atoms with Crippen LogP contribution >= 0.6 is 12.4 Å². The number of amides is 2. The fraction of sp³-hybridized carbons (Fsp3) is 0.900. The monoisotopic (exact) mass is 403 g/mol. The normalized spacial score (nSPS) is 22.0. The van der Waals surface area contributed by atoms with Gasteiger partial charge in [-0.15, -0.1) is 12.4 Å². The molecule has 2 aliphatic heterocycles. The Morgan fingerprint density at radius 2 is 2.00 bits per heavy atom. The summed E-state index contributed by atoms with van der Waals surface area (Å²) in [6, 6.07) is 0. The maximum Gasteiger partial charge on any atom is 0.223 e. The van der Waals surface area contributed by atoms with Gasteiger partial charge in [0.15, 0.2) is 0 Å². The molecule has 0 aromatic carbocycles. The van der Waals surface area contributed by atoms with E-state index in [0.717, 1.165) is 39.0 Å². The molecule has 2 fully saturated rings. The van der Waals surface area contributed by atoms with Crippen molar-refractivity contribution < 1.29 is 14.3 Å². The Hall–Kier alpha value is -0.850. The topological polar surface area (TPSA) is 70.7 Å². The number of carbonyl (C=O) groups is 2. The fourth-order valence-corrected chi connectivity index (χ4v) is 4.00. The number of hydrogen-bond donors (Lipinski definition) is 2. The zero-order chi connectivity index (χ0) is 18.8. The van der Waals surface area contributed by atoms with Crippen molar-refractivity contribution in [3.05, 3.63) is 0 Å². The van der Waals surface area contributed by atoms with Crippen LogP contribution in [0.4, 0.5) is 0 Å². The van der Waals surface area contributed by atoms with Gasteiger partial charge < -0.3 is 20.3 Å². The van der Waals surface area contributed by atoms with E-state index in [1.165, 1.54) is 12.8 Å². The average Bonchev–Trinajstić information content (AvgIpc) is 2.68. The van der Waals surface area contributed by atoms with Crippen LogP contribution in [0.3, 0.4) is 0 Å². The van der Waals surface area contributed by atoms with E-state index in [1.54, 1.807) is 0 Å². The second-order valence-corrected chi connectivity index (χ2v) is 7.78. The molecule has 2 saturated heterocycles. The number of likely N-dealkylation sites (tertiary alicyclic amines) is 1. The Morgan fingerprint density at radius 1 is 1.26 bits per heavy atom. The maximum atomic E-state index is 12.6. The Bertz CT molecular complexity index is 436. The number of ether oxygens (including phenoxy) is 1. The van der Waals surface area contributed by atoms with Gasteiger partial charge in [0.2, 0.25) is 11.8 Å². The highest BCUT2D eigenvalue weighted by molar-refractivity contribution is 5.85. The molecular weight excluding hydrogens is 366 g/mol. The molecule has 0 radical (unpaired) electrons. The first-order valence-electron chi connectivity index (χ1n) is 10.5. The van der Waals surface area contributed by atoms with E-state index >= 15 is 0 Å². The van der Waals surface area contributed by atoms with Crippen LogP contribution in [-0.4, -0.2) is 62.7 Å². The van der Waals surface area contributed by atoms with Gasteiger partial charge in [-0.2, -0.15) is 0 Å². The van der Waals surface area contributed by atoms with Gasteiger partial charge in [0.05, 0.1) is 0 Å². The first-order valence-corrected chi connectivity index (χ1v) is 10.5. The number of piperidine rings is 2. The molecule has 2 amide bonds. The predicted octanol–water partition coefficient (Wildman–Crippen LogP) is 2.22. The highest BCUT2D eigenvalue weighted by atomic mass is 35.5. The van der Waals surface area contributed by atoms with Gasteiger partial charge in [-0.1, -0.05) is 6.92 Å². The molecule has 0 saturated carbocycles. The Kier molecular flexibility index (Phi) is 12.0. The lowest BCUT2D eigenvalue weighted by atomic mass is 9.85. The van der Waals surface area contributed by atoms with E-state index in [-0.39, 0.29) is 30.1 Å². The van der Waals surface area contributed by atoms with E-state index in [4.69, 9.17) is 4.74 Å². The molecule has 2 heterocycles. The fourth-order valence-electron chi connectivity index (χ4n) is 4.00. The third-order valence-corrected chi connectivity index (χ3v) is 5.82. The number of carbonyl (C=O) groups excluding carboxylic acids is 2. The summed E-state index contributed by atoms with van der Waals surface area (Å²) < 4.78 is 5.28. The summed E-state index contributed by atoms with van der Waals surface area (Å²) in [6.45, 7) is 9.84. The van der Waals surface area contributed by atoms with Gasteiger partial charge in [0.1, 0.15) is 0 Å². The average molecular weight is 404 g/mol. The van der Waals surface area contributed by atoms with Crippen molar-refractivity contribution in [3.63, 3.8) is 0 Å². The molecule has 0 aromatic rings. The first kappa shape index (κ1) is 24.2. The molecule has 7 heteroatoms. The Morgan fingerprint density at radius 3 is 2.63 bits per heavy atom. The van der Waals surface area contributed by atoms with Crippen LogP contribution in [0.25, 0.3) is 0 Å². The molecule has 2 rings (SSSR count). The predicted molar refractivity (Wildman–Crippen MR) is 110 cm³/mol. The van der Waals surface area contributed by atoms with Crippen molar-refractivity contribution in [2.24, 2.45) is 17.8 Å². The SMILES string of the molecule is CCOCCCNC(=O)C1CCN(C(=O)CC(C)C2CCCNC2)CC1.Cl. The van der Waals surface area contributed by atoms with Gasteiger partial charge >= 0.3 is 0 Å². The highest BCUT2D eigenvalue weighted by Gasteiger charge is 2.29. The van der Waals surface area contributed by atoms with E-state index in [9.17, 15) is 9.59 Å². The molecule has 2 atom stereocenters. The lowest BCUT2D eigenvalue weighted by molar-refractivity contribution is -0.136. The molecular formula is C20H38ClN3O3. The zero-order valence-corrected chi connectivity index (χ0v) is 17.8. The van der Waals surface area contributed by atoms with Crippen LogP contribution in [0, 0.1) is 17.8 Å². The molecule has 27 heavy (non-hydrogen) atoms. The minimum Gasteiger partial charge on any atom is -0.382 e. The van der Waals surface area contributed by atoms with Crippen molar-refractivity contribution in [3.8, 4) is 0 Å². The van der Waals surface area contributed by atoms with E-state index in [2.05, 4.69) is 17.6 Å². The van der Waals surface area contributed by atoms with Gasteiger partial charge in [-0.05, 0) is 64.0 Å². The van der Waals surface area contributed by atoms with Crippen molar-refractivity contribution in [2.45, 2.75) is 52.4 Å². The number of rotatable bonds is 9. The van der Waals surface area contributed by atoms with E-state index < -0.39 is 0 Å². The summed E-state index contributed by atoms with van der Waals surface area (Å²) in [7, 11) is 0. The number of nitrogens with one attached hydrogen (secondary N) is 2. The van der Waals surface area contributed by atoms with Crippen LogP contribution in [0.2, 0.25) is 0 Å². The number of nitrogens with zero attached hydrogens (tertiary/aromatic N) is 1. The van der Waals surface area contributed by atoms with Gasteiger partial charge in [-0.3, -0.25) is 9.59 Å². The van der Waals surface area contributed by atoms with Crippen molar-refractivity contribution >= 4 is 24.2 Å². The van der Waals surface area contributed by atoms with Crippen molar-refractivity contribution in [1.82, 2.24) is 15.5 Å². The van der Waals surface area contributed by atoms with Crippen LogP contribution in [0.15, 0.2) is 0 Å². The van der Waals surface area contributed by atoms with Crippen LogP contribution < -0.4 is 10.6 Å². The summed E-state index contributed by atoms with van der Waals surface area (Å²) in [4.78, 5) is 26.8. The second-order valence-electron chi connectivity index (χ2n) is 7.78. The summed E-state index contributed by atoms with van der Waals surface area (Å²) in [6.07, 6.45) is 5.50. The van der Waals surface area contributed by atoms with Crippen LogP contribution in [0.1, 0.15) is 52.4 Å². The number of hydrogen-bond acceptors (Lipinski definition) is 4. The molecule has 0 bridgehead atoms. The first-order chi connectivity index (χ1) is 12.6. The molecule has 0 spiro atoms. The van der Waals surface area contributed by atoms with Crippen LogP contribution in [-0.2, 0) is 14.3 Å². The van der Waals surface area contributed by atoms with Gasteiger partial charge in [0.25, 0.3) is 0 Å². The van der Waals surface area contributed by atoms with Gasteiger partial charge in [0, 0.05) is 45.2 Å².